The minimum atomic E-state index is -0.0744. The molecule has 0 saturated heterocycles. The first kappa shape index (κ1) is 16.6. The van der Waals surface area contributed by atoms with Gasteiger partial charge in [0.1, 0.15) is 17.2 Å². The maximum absolute atomic E-state index is 12.9. The first-order valence-electron chi connectivity index (χ1n) is 7.21. The Morgan fingerprint density at radius 1 is 0.917 bits per heavy atom. The number of benzene rings is 2. The Morgan fingerprint density at radius 3 is 2.17 bits per heavy atom. The molecule has 5 nitrogen and oxygen atoms in total. The smallest absolute Gasteiger partial charge is 0.207 e. The van der Waals surface area contributed by atoms with Crippen LogP contribution >= 0.6 is 22.6 Å². The number of fused-ring (bicyclic) bond motifs is 1. The van der Waals surface area contributed by atoms with Crippen LogP contribution in [0.2, 0.25) is 0 Å². The highest BCUT2D eigenvalue weighted by Gasteiger charge is 2.16. The highest BCUT2D eigenvalue weighted by molar-refractivity contribution is 14.1. The van der Waals surface area contributed by atoms with E-state index in [1.54, 1.807) is 26.4 Å². The van der Waals surface area contributed by atoms with Crippen LogP contribution in [-0.4, -0.2) is 26.3 Å². The van der Waals surface area contributed by atoms with Crippen LogP contribution in [0, 0.1) is 3.57 Å². The van der Waals surface area contributed by atoms with Crippen LogP contribution in [0.15, 0.2) is 41.2 Å². The van der Waals surface area contributed by atoms with Crippen LogP contribution in [0.3, 0.4) is 0 Å². The lowest BCUT2D eigenvalue weighted by molar-refractivity contribution is 0.397. The summed E-state index contributed by atoms with van der Waals surface area (Å²) in [6.45, 7) is 0. The number of methoxy groups -OCH3 is 3. The summed E-state index contributed by atoms with van der Waals surface area (Å²) in [6, 6.07) is 11.0. The monoisotopic (exact) mass is 437 g/mol. The Kier molecular flexibility index (Phi) is 4.66. The highest BCUT2D eigenvalue weighted by Crippen LogP contribution is 2.32. The van der Waals surface area contributed by atoms with Crippen molar-refractivity contribution >= 4 is 33.5 Å². The van der Waals surface area contributed by atoms with E-state index in [0.717, 1.165) is 17.0 Å². The number of ether oxygens (including phenoxy) is 3. The van der Waals surface area contributed by atoms with Crippen molar-refractivity contribution < 1.29 is 14.2 Å². The third-order valence-electron chi connectivity index (χ3n) is 3.82. The zero-order valence-corrected chi connectivity index (χ0v) is 15.6. The molecule has 1 aromatic heterocycles. The molecule has 124 valence electrons. The maximum atomic E-state index is 12.9. The first-order chi connectivity index (χ1) is 11.6. The summed E-state index contributed by atoms with van der Waals surface area (Å²) in [5, 5.41) is 0.514. The number of rotatable bonds is 4. The summed E-state index contributed by atoms with van der Waals surface area (Å²) in [5.74, 6) is 1.88. The molecule has 1 heterocycles. The first-order valence-corrected chi connectivity index (χ1v) is 8.29. The topological polar surface area (TPSA) is 60.6 Å². The molecule has 3 rings (SSSR count). The predicted octanol–water partition coefficient (Wildman–Crippen LogP) is 3.83. The van der Waals surface area contributed by atoms with E-state index in [1.165, 1.54) is 7.11 Å². The van der Waals surface area contributed by atoms with Gasteiger partial charge in [-0.25, -0.2) is 0 Å². The number of hydrogen-bond acceptors (Lipinski definition) is 4. The van der Waals surface area contributed by atoms with E-state index < -0.39 is 0 Å². The zero-order chi connectivity index (χ0) is 17.3. The minimum absolute atomic E-state index is 0.0744. The Balaban J connectivity index is 2.29. The molecule has 0 aliphatic carbocycles. The van der Waals surface area contributed by atoms with E-state index >= 15 is 0 Å². The van der Waals surface area contributed by atoms with Crippen molar-refractivity contribution in [3.05, 3.63) is 50.2 Å². The van der Waals surface area contributed by atoms with Gasteiger partial charge in [-0.1, -0.05) is 0 Å². The Labute approximate surface area is 152 Å². The number of halogens is 1. The third kappa shape index (κ3) is 2.82. The average Bonchev–Trinajstić information content (AvgIpc) is 2.63. The van der Waals surface area contributed by atoms with E-state index in [1.807, 2.05) is 24.3 Å². The molecule has 1 N–H and O–H groups in total. The van der Waals surface area contributed by atoms with E-state index in [2.05, 4.69) is 27.6 Å². The van der Waals surface area contributed by atoms with Gasteiger partial charge >= 0.3 is 0 Å². The van der Waals surface area contributed by atoms with Crippen molar-refractivity contribution in [2.45, 2.75) is 0 Å². The molecule has 0 saturated carbocycles. The van der Waals surface area contributed by atoms with Gasteiger partial charge in [-0.05, 0) is 52.4 Å². The quantitative estimate of drug-likeness (QED) is 0.631. The number of H-pyrrole nitrogens is 1. The van der Waals surface area contributed by atoms with Gasteiger partial charge in [0, 0.05) is 12.1 Å². The number of aromatic amines is 1. The number of hydrogen-bond donors (Lipinski definition) is 1. The fourth-order valence-electron chi connectivity index (χ4n) is 2.57. The van der Waals surface area contributed by atoms with Crippen LogP contribution < -0.4 is 19.6 Å². The maximum Gasteiger partial charge on any atom is 0.207 e. The molecule has 0 aliphatic heterocycles. The van der Waals surface area contributed by atoms with Gasteiger partial charge in [-0.2, -0.15) is 0 Å². The molecule has 0 spiro atoms. The van der Waals surface area contributed by atoms with E-state index in [0.29, 0.717) is 26.0 Å². The zero-order valence-electron chi connectivity index (χ0n) is 13.5. The number of aromatic nitrogens is 1. The van der Waals surface area contributed by atoms with E-state index in [-0.39, 0.29) is 5.43 Å². The van der Waals surface area contributed by atoms with Crippen LogP contribution in [0.5, 0.6) is 17.2 Å². The summed E-state index contributed by atoms with van der Waals surface area (Å²) in [5.41, 5.74) is 2.25. The third-order valence-corrected chi connectivity index (χ3v) is 4.84. The van der Waals surface area contributed by atoms with Crippen molar-refractivity contribution in [2.75, 3.05) is 21.3 Å². The molecule has 24 heavy (non-hydrogen) atoms. The molecule has 0 amide bonds. The lowest BCUT2D eigenvalue weighted by Crippen LogP contribution is -2.11. The lowest BCUT2D eigenvalue weighted by atomic mass is 10.1. The van der Waals surface area contributed by atoms with Gasteiger partial charge in [0.15, 0.2) is 0 Å². The van der Waals surface area contributed by atoms with Crippen molar-refractivity contribution in [1.82, 2.24) is 4.98 Å². The fourth-order valence-corrected chi connectivity index (χ4v) is 3.29. The molecule has 6 heteroatoms. The standard InChI is InChI=1S/C18H16INO4/c1-22-11-6-4-10(5-7-11)17-16(19)18(21)15-13(20-17)8-12(23-2)9-14(15)24-3/h4-9H,1-3H3,(H,20,21). The summed E-state index contributed by atoms with van der Waals surface area (Å²) in [7, 11) is 4.74. The fraction of sp³-hybridized carbons (Fsp3) is 0.167. The molecule has 0 fully saturated rings. The molecular formula is C18H16INO4. The Hall–Kier alpha value is -2.22. The molecular weight excluding hydrogens is 421 g/mol. The molecule has 2 aromatic carbocycles. The van der Waals surface area contributed by atoms with Crippen LogP contribution in [-0.2, 0) is 0 Å². The lowest BCUT2D eigenvalue weighted by Gasteiger charge is -2.12. The molecule has 0 radical (unpaired) electrons. The largest absolute Gasteiger partial charge is 0.497 e. The normalized spacial score (nSPS) is 10.7. The predicted molar refractivity (Wildman–Crippen MR) is 102 cm³/mol. The average molecular weight is 437 g/mol. The SMILES string of the molecule is COc1ccc(-c2[nH]c3cc(OC)cc(OC)c3c(=O)c2I)cc1. The second kappa shape index (κ2) is 6.72. The van der Waals surface area contributed by atoms with Crippen molar-refractivity contribution in [3.63, 3.8) is 0 Å². The van der Waals surface area contributed by atoms with Gasteiger partial charge < -0.3 is 19.2 Å². The van der Waals surface area contributed by atoms with Gasteiger partial charge in [-0.3, -0.25) is 4.79 Å². The van der Waals surface area contributed by atoms with E-state index in [4.69, 9.17) is 14.2 Å². The molecule has 0 unspecified atom stereocenters. The molecule has 3 aromatic rings. The van der Waals surface area contributed by atoms with Crippen molar-refractivity contribution in [1.29, 1.82) is 0 Å². The Morgan fingerprint density at radius 2 is 1.58 bits per heavy atom. The van der Waals surface area contributed by atoms with Gasteiger partial charge in [0.25, 0.3) is 0 Å². The highest BCUT2D eigenvalue weighted by atomic mass is 127. The van der Waals surface area contributed by atoms with Gasteiger partial charge in [0.05, 0.1) is 41.5 Å². The minimum Gasteiger partial charge on any atom is -0.497 e. The van der Waals surface area contributed by atoms with Crippen molar-refractivity contribution in [2.24, 2.45) is 0 Å². The summed E-state index contributed by atoms with van der Waals surface area (Å²) < 4.78 is 16.4. The molecule has 0 aliphatic rings. The summed E-state index contributed by atoms with van der Waals surface area (Å²) in [6.07, 6.45) is 0. The second-order valence-electron chi connectivity index (χ2n) is 5.12. The number of nitrogens with one attached hydrogen (secondary N) is 1. The van der Waals surface area contributed by atoms with Crippen LogP contribution in [0.25, 0.3) is 22.2 Å². The van der Waals surface area contributed by atoms with Crippen molar-refractivity contribution in [3.8, 4) is 28.5 Å². The summed E-state index contributed by atoms with van der Waals surface area (Å²) >= 11 is 2.06. The Bertz CT molecular complexity index is 948. The molecule has 0 bridgehead atoms. The van der Waals surface area contributed by atoms with Crippen LogP contribution in [0.1, 0.15) is 0 Å². The number of pyridine rings is 1. The summed E-state index contributed by atoms with van der Waals surface area (Å²) in [4.78, 5) is 16.2. The van der Waals surface area contributed by atoms with Gasteiger partial charge in [-0.15, -0.1) is 0 Å². The van der Waals surface area contributed by atoms with E-state index in [9.17, 15) is 4.79 Å². The van der Waals surface area contributed by atoms with Gasteiger partial charge in [0.2, 0.25) is 5.43 Å². The van der Waals surface area contributed by atoms with Crippen LogP contribution in [0.4, 0.5) is 0 Å². The molecule has 0 atom stereocenters. The second-order valence-corrected chi connectivity index (χ2v) is 6.20.